The van der Waals surface area contributed by atoms with Crippen LogP contribution in [0, 0.1) is 0 Å². The van der Waals surface area contributed by atoms with Crippen LogP contribution >= 0.6 is 0 Å². The van der Waals surface area contributed by atoms with Crippen molar-refractivity contribution in [3.8, 4) is 5.75 Å². The predicted molar refractivity (Wildman–Crippen MR) is 120 cm³/mol. The van der Waals surface area contributed by atoms with Gasteiger partial charge in [-0.05, 0) is 49.2 Å². The van der Waals surface area contributed by atoms with E-state index in [4.69, 9.17) is 4.74 Å². The third-order valence-corrected chi connectivity index (χ3v) is 7.82. The number of anilines is 1. The third kappa shape index (κ3) is 4.79. The summed E-state index contributed by atoms with van der Waals surface area (Å²) < 4.78 is 34.0. The fourth-order valence-corrected chi connectivity index (χ4v) is 5.98. The number of hydrogen-bond acceptors (Lipinski definition) is 5. The molecule has 2 atom stereocenters. The molecule has 0 radical (unpaired) electrons. The number of ether oxygens (including phenoxy) is 1. The number of hydrogen-bond donors (Lipinski definition) is 1. The molecular formula is C23H31N3O3S. The smallest absolute Gasteiger partial charge is 0.240 e. The molecule has 2 aromatic rings. The molecule has 6 nitrogen and oxygen atoms in total. The van der Waals surface area contributed by atoms with E-state index >= 15 is 0 Å². The minimum atomic E-state index is -3.49. The highest BCUT2D eigenvalue weighted by Gasteiger charge is 2.34. The summed E-state index contributed by atoms with van der Waals surface area (Å²) in [5, 5.41) is 0. The molecule has 0 spiro atoms. The molecule has 0 amide bonds. The van der Waals surface area contributed by atoms with E-state index < -0.39 is 10.0 Å². The molecule has 1 saturated heterocycles. The first kappa shape index (κ1) is 21.2. The van der Waals surface area contributed by atoms with E-state index in [0.29, 0.717) is 4.90 Å². The van der Waals surface area contributed by atoms with Crippen LogP contribution < -0.4 is 14.4 Å². The molecule has 7 heteroatoms. The fraction of sp³-hybridized carbons (Fsp3) is 0.478. The molecule has 1 saturated carbocycles. The first-order valence-corrected chi connectivity index (χ1v) is 12.3. The molecule has 4 rings (SSSR count). The summed E-state index contributed by atoms with van der Waals surface area (Å²) in [6, 6.07) is 17.1. The zero-order valence-corrected chi connectivity index (χ0v) is 18.4. The van der Waals surface area contributed by atoms with Gasteiger partial charge in [-0.15, -0.1) is 0 Å². The van der Waals surface area contributed by atoms with Crippen molar-refractivity contribution >= 4 is 15.7 Å². The molecule has 1 heterocycles. The van der Waals surface area contributed by atoms with E-state index in [1.165, 1.54) is 5.69 Å². The van der Waals surface area contributed by atoms with Gasteiger partial charge in [0.2, 0.25) is 10.0 Å². The third-order valence-electron chi connectivity index (χ3n) is 6.31. The van der Waals surface area contributed by atoms with Crippen molar-refractivity contribution in [2.24, 2.45) is 0 Å². The van der Waals surface area contributed by atoms with Crippen molar-refractivity contribution in [1.29, 1.82) is 0 Å². The molecule has 1 aliphatic heterocycles. The number of piperazine rings is 1. The van der Waals surface area contributed by atoms with Gasteiger partial charge in [-0.3, -0.25) is 4.90 Å². The molecular weight excluding hydrogens is 398 g/mol. The van der Waals surface area contributed by atoms with Gasteiger partial charge in [-0.1, -0.05) is 31.0 Å². The number of benzene rings is 2. The zero-order valence-electron chi connectivity index (χ0n) is 17.5. The average Bonchev–Trinajstić information content (AvgIpc) is 2.80. The van der Waals surface area contributed by atoms with Crippen LogP contribution in [0.4, 0.5) is 5.69 Å². The maximum Gasteiger partial charge on any atom is 0.240 e. The van der Waals surface area contributed by atoms with Gasteiger partial charge >= 0.3 is 0 Å². The number of sulfonamides is 1. The van der Waals surface area contributed by atoms with Crippen molar-refractivity contribution in [2.45, 2.75) is 42.7 Å². The topological polar surface area (TPSA) is 61.9 Å². The van der Waals surface area contributed by atoms with Crippen molar-refractivity contribution in [3.63, 3.8) is 0 Å². The first-order valence-electron chi connectivity index (χ1n) is 10.8. The highest BCUT2D eigenvalue weighted by Crippen LogP contribution is 2.27. The Labute approximate surface area is 179 Å². The minimum Gasteiger partial charge on any atom is -0.497 e. The Hall–Kier alpha value is -2.09. The molecule has 162 valence electrons. The van der Waals surface area contributed by atoms with Gasteiger partial charge in [-0.2, -0.15) is 0 Å². The van der Waals surface area contributed by atoms with E-state index in [-0.39, 0.29) is 12.1 Å². The molecule has 1 N–H and O–H groups in total. The SMILES string of the molecule is COc1ccc(N2CCN([C@@H]3CCCC[C@@H]3NS(=O)(=O)c3ccccc3)CC2)cc1. The largest absolute Gasteiger partial charge is 0.497 e. The van der Waals surface area contributed by atoms with Crippen molar-refractivity contribution in [1.82, 2.24) is 9.62 Å². The van der Waals surface area contributed by atoms with E-state index in [1.807, 2.05) is 18.2 Å². The van der Waals surface area contributed by atoms with Gasteiger partial charge in [0, 0.05) is 44.0 Å². The molecule has 2 aliphatic rings. The molecule has 1 aliphatic carbocycles. The Balaban J connectivity index is 1.40. The van der Waals surface area contributed by atoms with Crippen molar-refractivity contribution < 1.29 is 13.2 Å². The van der Waals surface area contributed by atoms with Crippen LogP contribution in [0.1, 0.15) is 25.7 Å². The lowest BCUT2D eigenvalue weighted by Crippen LogP contribution is -2.58. The second-order valence-corrected chi connectivity index (χ2v) is 9.83. The predicted octanol–water partition coefficient (Wildman–Crippen LogP) is 3.11. The fourth-order valence-electron chi connectivity index (χ4n) is 4.66. The van der Waals surface area contributed by atoms with Crippen molar-refractivity contribution in [3.05, 3.63) is 54.6 Å². The van der Waals surface area contributed by atoms with Gasteiger partial charge in [0.05, 0.1) is 12.0 Å². The normalized spacial score (nSPS) is 23.3. The molecule has 0 unspecified atom stereocenters. The van der Waals surface area contributed by atoms with Crippen LogP contribution in [-0.2, 0) is 10.0 Å². The van der Waals surface area contributed by atoms with Gasteiger partial charge in [0.1, 0.15) is 5.75 Å². The number of nitrogens with one attached hydrogen (secondary N) is 1. The number of rotatable bonds is 6. The van der Waals surface area contributed by atoms with E-state index in [9.17, 15) is 8.42 Å². The quantitative estimate of drug-likeness (QED) is 0.765. The zero-order chi connectivity index (χ0) is 21.0. The summed E-state index contributed by atoms with van der Waals surface area (Å²) >= 11 is 0. The van der Waals surface area contributed by atoms with E-state index in [2.05, 4.69) is 26.7 Å². The Kier molecular flexibility index (Phi) is 6.61. The molecule has 0 bridgehead atoms. The average molecular weight is 430 g/mol. The summed E-state index contributed by atoms with van der Waals surface area (Å²) in [5.41, 5.74) is 1.21. The standard InChI is InChI=1S/C23H31N3O3S/c1-29-20-13-11-19(12-14-20)25-15-17-26(18-16-25)23-10-6-5-9-22(23)24-30(27,28)21-7-3-2-4-8-21/h2-4,7-8,11-14,22-24H,5-6,9-10,15-18H2,1H3/t22-,23+/m0/s1. The lowest BCUT2D eigenvalue weighted by atomic mass is 9.89. The first-order chi connectivity index (χ1) is 14.6. The molecule has 2 fully saturated rings. The summed E-state index contributed by atoms with van der Waals surface area (Å²) in [5.74, 6) is 0.869. The molecule has 2 aromatic carbocycles. The maximum absolute atomic E-state index is 12.9. The second-order valence-electron chi connectivity index (χ2n) is 8.11. The van der Waals surface area contributed by atoms with Crippen LogP contribution in [0.2, 0.25) is 0 Å². The van der Waals surface area contributed by atoms with E-state index in [1.54, 1.807) is 31.4 Å². The highest BCUT2D eigenvalue weighted by atomic mass is 32.2. The van der Waals surface area contributed by atoms with Gasteiger partial charge in [0.15, 0.2) is 0 Å². The van der Waals surface area contributed by atoms with Crippen LogP contribution in [0.15, 0.2) is 59.5 Å². The highest BCUT2D eigenvalue weighted by molar-refractivity contribution is 7.89. The Bertz CT molecular complexity index is 910. The van der Waals surface area contributed by atoms with Gasteiger partial charge < -0.3 is 9.64 Å². The van der Waals surface area contributed by atoms with Crippen LogP contribution in [0.25, 0.3) is 0 Å². The lowest BCUT2D eigenvalue weighted by Gasteiger charge is -2.44. The van der Waals surface area contributed by atoms with E-state index in [0.717, 1.165) is 57.6 Å². The number of methoxy groups -OCH3 is 1. The summed E-state index contributed by atoms with van der Waals surface area (Å²) in [6.07, 6.45) is 4.18. The molecule has 0 aromatic heterocycles. The second kappa shape index (κ2) is 9.37. The van der Waals surface area contributed by atoms with Crippen LogP contribution in [0.3, 0.4) is 0 Å². The lowest BCUT2D eigenvalue weighted by molar-refractivity contribution is 0.124. The maximum atomic E-state index is 12.9. The summed E-state index contributed by atoms with van der Waals surface area (Å²) in [6.45, 7) is 3.78. The summed E-state index contributed by atoms with van der Waals surface area (Å²) in [7, 11) is -1.81. The van der Waals surface area contributed by atoms with Crippen LogP contribution in [0.5, 0.6) is 5.75 Å². The van der Waals surface area contributed by atoms with Gasteiger partial charge in [0.25, 0.3) is 0 Å². The Morgan fingerprint density at radius 2 is 1.57 bits per heavy atom. The summed E-state index contributed by atoms with van der Waals surface area (Å²) in [4.78, 5) is 5.22. The van der Waals surface area contributed by atoms with Gasteiger partial charge in [-0.25, -0.2) is 13.1 Å². The Morgan fingerprint density at radius 3 is 2.23 bits per heavy atom. The number of nitrogens with zero attached hydrogens (tertiary/aromatic N) is 2. The van der Waals surface area contributed by atoms with Crippen LogP contribution in [-0.4, -0.2) is 58.7 Å². The monoisotopic (exact) mass is 429 g/mol. The molecule has 30 heavy (non-hydrogen) atoms. The minimum absolute atomic E-state index is 0.0310. The van der Waals surface area contributed by atoms with Crippen molar-refractivity contribution in [2.75, 3.05) is 38.2 Å². The Morgan fingerprint density at radius 1 is 0.900 bits per heavy atom.